The zero-order valence-corrected chi connectivity index (χ0v) is 12.5. The summed E-state index contributed by atoms with van der Waals surface area (Å²) in [4.78, 5) is 17.0. The molecule has 19 heavy (non-hydrogen) atoms. The van der Waals surface area contributed by atoms with Gasteiger partial charge in [0.25, 0.3) is 0 Å². The molecule has 2 aliphatic rings. The van der Waals surface area contributed by atoms with E-state index in [2.05, 4.69) is 18.7 Å². The summed E-state index contributed by atoms with van der Waals surface area (Å²) in [5, 5.41) is 0. The second kappa shape index (κ2) is 6.23. The topological polar surface area (TPSA) is 49.6 Å². The van der Waals surface area contributed by atoms with Gasteiger partial charge >= 0.3 is 0 Å². The molecule has 0 aromatic heterocycles. The Morgan fingerprint density at radius 3 is 2.37 bits per heavy atom. The minimum atomic E-state index is 0.0400. The second-order valence-electron chi connectivity index (χ2n) is 6.65. The van der Waals surface area contributed by atoms with Crippen LogP contribution < -0.4 is 5.73 Å². The van der Waals surface area contributed by atoms with Gasteiger partial charge in [0.15, 0.2) is 0 Å². The number of nitrogens with two attached hydrogens (primary N) is 1. The number of amides is 1. The van der Waals surface area contributed by atoms with Crippen molar-refractivity contribution in [2.75, 3.05) is 32.7 Å². The molecule has 0 aromatic carbocycles. The fraction of sp³-hybridized carbons (Fsp3) is 0.933. The number of nitrogens with zero attached hydrogens (tertiary/aromatic N) is 2. The molecule has 4 heteroatoms. The predicted molar refractivity (Wildman–Crippen MR) is 77.9 cm³/mol. The third-order valence-corrected chi connectivity index (χ3v) is 4.91. The molecule has 110 valence electrons. The van der Waals surface area contributed by atoms with Gasteiger partial charge in [-0.15, -0.1) is 0 Å². The van der Waals surface area contributed by atoms with Crippen LogP contribution in [-0.2, 0) is 4.79 Å². The summed E-state index contributed by atoms with van der Waals surface area (Å²) >= 11 is 0. The van der Waals surface area contributed by atoms with Gasteiger partial charge in [-0.2, -0.15) is 0 Å². The van der Waals surface area contributed by atoms with Crippen molar-refractivity contribution in [3.05, 3.63) is 0 Å². The second-order valence-corrected chi connectivity index (χ2v) is 6.65. The number of likely N-dealkylation sites (tertiary alicyclic amines) is 2. The fourth-order valence-corrected chi connectivity index (χ4v) is 3.28. The summed E-state index contributed by atoms with van der Waals surface area (Å²) in [5.41, 5.74) is 5.95. The summed E-state index contributed by atoms with van der Waals surface area (Å²) in [5.74, 6) is 0.305. The molecule has 0 spiro atoms. The van der Waals surface area contributed by atoms with E-state index in [0.29, 0.717) is 12.5 Å². The van der Waals surface area contributed by atoms with Crippen LogP contribution in [0, 0.1) is 5.41 Å². The van der Waals surface area contributed by atoms with E-state index in [1.54, 1.807) is 0 Å². The molecule has 2 N–H and O–H groups in total. The maximum atomic E-state index is 12.6. The van der Waals surface area contributed by atoms with E-state index in [9.17, 15) is 4.79 Å². The maximum Gasteiger partial charge on any atom is 0.239 e. The zero-order valence-electron chi connectivity index (χ0n) is 12.5. The molecule has 2 aliphatic heterocycles. The third kappa shape index (κ3) is 3.48. The van der Waals surface area contributed by atoms with Crippen LogP contribution in [-0.4, -0.2) is 54.5 Å². The first-order chi connectivity index (χ1) is 9.06. The third-order valence-electron chi connectivity index (χ3n) is 4.91. The van der Waals surface area contributed by atoms with Gasteiger partial charge in [-0.1, -0.05) is 19.8 Å². The first-order valence-corrected chi connectivity index (χ1v) is 7.79. The van der Waals surface area contributed by atoms with E-state index >= 15 is 0 Å². The van der Waals surface area contributed by atoms with Gasteiger partial charge in [0, 0.05) is 13.1 Å². The lowest BCUT2D eigenvalue weighted by atomic mass is 9.90. The van der Waals surface area contributed by atoms with Crippen molar-refractivity contribution in [3.8, 4) is 0 Å². The highest BCUT2D eigenvalue weighted by Gasteiger charge is 2.37. The summed E-state index contributed by atoms with van der Waals surface area (Å²) in [6.07, 6.45) is 6.14. The molecule has 2 heterocycles. The highest BCUT2D eigenvalue weighted by atomic mass is 16.2. The Morgan fingerprint density at radius 1 is 1.21 bits per heavy atom. The Hall–Kier alpha value is -0.610. The maximum absolute atomic E-state index is 12.6. The van der Waals surface area contributed by atoms with Gasteiger partial charge in [-0.05, 0) is 51.2 Å². The smallest absolute Gasteiger partial charge is 0.239 e. The van der Waals surface area contributed by atoms with Crippen LogP contribution in [0.1, 0.15) is 46.0 Å². The largest absolute Gasteiger partial charge is 0.341 e. The van der Waals surface area contributed by atoms with Gasteiger partial charge in [0.1, 0.15) is 0 Å². The number of hydrogen-bond donors (Lipinski definition) is 1. The quantitative estimate of drug-likeness (QED) is 0.842. The van der Waals surface area contributed by atoms with Gasteiger partial charge in [0.2, 0.25) is 5.91 Å². The first-order valence-electron chi connectivity index (χ1n) is 7.79. The standard InChI is InChI=1S/C15H29N3O/c1-13(17-8-5-3-4-6-9-17)14(19)18-10-7-15(2,11-16)12-18/h13H,3-12,16H2,1-2H3. The van der Waals surface area contributed by atoms with Crippen molar-refractivity contribution in [2.24, 2.45) is 11.1 Å². The lowest BCUT2D eigenvalue weighted by Gasteiger charge is -2.31. The average Bonchev–Trinajstić information content (AvgIpc) is 2.65. The summed E-state index contributed by atoms with van der Waals surface area (Å²) in [7, 11) is 0. The van der Waals surface area contributed by atoms with E-state index in [-0.39, 0.29) is 11.5 Å². The summed E-state index contributed by atoms with van der Waals surface area (Å²) in [6.45, 7) is 8.81. The van der Waals surface area contributed by atoms with Crippen LogP contribution in [0.2, 0.25) is 0 Å². The molecule has 4 nitrogen and oxygen atoms in total. The molecule has 2 atom stereocenters. The Morgan fingerprint density at radius 2 is 1.84 bits per heavy atom. The predicted octanol–water partition coefficient (Wildman–Crippen LogP) is 1.45. The Labute approximate surface area is 117 Å². The number of carbonyl (C=O) groups is 1. The van der Waals surface area contributed by atoms with Crippen molar-refractivity contribution in [1.82, 2.24) is 9.80 Å². The lowest BCUT2D eigenvalue weighted by Crippen LogP contribution is -2.47. The van der Waals surface area contributed by atoms with E-state index in [0.717, 1.165) is 32.6 Å². The van der Waals surface area contributed by atoms with Crippen LogP contribution in [0.3, 0.4) is 0 Å². The Kier molecular flexibility index (Phi) is 4.85. The Balaban J connectivity index is 1.92. The molecule has 2 saturated heterocycles. The van der Waals surface area contributed by atoms with Gasteiger partial charge in [0.05, 0.1) is 6.04 Å². The van der Waals surface area contributed by atoms with E-state index in [4.69, 9.17) is 5.73 Å². The van der Waals surface area contributed by atoms with Crippen LogP contribution in [0.25, 0.3) is 0 Å². The van der Waals surface area contributed by atoms with Crippen molar-refractivity contribution in [1.29, 1.82) is 0 Å². The number of rotatable bonds is 3. The minimum Gasteiger partial charge on any atom is -0.341 e. The molecule has 2 fully saturated rings. The molecule has 1 amide bonds. The molecule has 2 unspecified atom stereocenters. The molecule has 2 rings (SSSR count). The first kappa shape index (κ1) is 14.8. The number of hydrogen-bond acceptors (Lipinski definition) is 3. The fourth-order valence-electron chi connectivity index (χ4n) is 3.28. The molecular weight excluding hydrogens is 238 g/mol. The highest BCUT2D eigenvalue weighted by molar-refractivity contribution is 5.81. The molecule has 0 radical (unpaired) electrons. The van der Waals surface area contributed by atoms with E-state index in [1.807, 2.05) is 4.90 Å². The van der Waals surface area contributed by atoms with Crippen LogP contribution in [0.4, 0.5) is 0 Å². The van der Waals surface area contributed by atoms with Crippen molar-refractivity contribution < 1.29 is 4.79 Å². The van der Waals surface area contributed by atoms with Crippen molar-refractivity contribution in [2.45, 2.75) is 52.0 Å². The monoisotopic (exact) mass is 267 g/mol. The normalized spacial score (nSPS) is 31.2. The van der Waals surface area contributed by atoms with Crippen molar-refractivity contribution >= 4 is 5.91 Å². The van der Waals surface area contributed by atoms with Gasteiger partial charge < -0.3 is 10.6 Å². The van der Waals surface area contributed by atoms with E-state index < -0.39 is 0 Å². The highest BCUT2D eigenvalue weighted by Crippen LogP contribution is 2.29. The molecule has 0 bridgehead atoms. The number of carbonyl (C=O) groups excluding carboxylic acids is 1. The van der Waals surface area contributed by atoms with Crippen LogP contribution in [0.5, 0.6) is 0 Å². The van der Waals surface area contributed by atoms with E-state index in [1.165, 1.54) is 25.7 Å². The SMILES string of the molecule is CC(C(=O)N1CCC(C)(CN)C1)N1CCCCCC1. The minimum absolute atomic E-state index is 0.0400. The van der Waals surface area contributed by atoms with Crippen LogP contribution >= 0.6 is 0 Å². The zero-order chi connectivity index (χ0) is 13.9. The lowest BCUT2D eigenvalue weighted by molar-refractivity contribution is -0.135. The van der Waals surface area contributed by atoms with Gasteiger partial charge in [-0.3, -0.25) is 9.69 Å². The summed E-state index contributed by atoms with van der Waals surface area (Å²) in [6, 6.07) is 0.0400. The molecular formula is C15H29N3O. The van der Waals surface area contributed by atoms with Crippen molar-refractivity contribution in [3.63, 3.8) is 0 Å². The van der Waals surface area contributed by atoms with Crippen LogP contribution in [0.15, 0.2) is 0 Å². The Bertz CT molecular complexity index is 313. The summed E-state index contributed by atoms with van der Waals surface area (Å²) < 4.78 is 0. The molecule has 0 aromatic rings. The average molecular weight is 267 g/mol. The molecule has 0 saturated carbocycles. The molecule has 0 aliphatic carbocycles. The van der Waals surface area contributed by atoms with Gasteiger partial charge in [-0.25, -0.2) is 0 Å².